The summed E-state index contributed by atoms with van der Waals surface area (Å²) in [7, 11) is 0. The Morgan fingerprint density at radius 3 is 1.47 bits per heavy atom. The van der Waals surface area contributed by atoms with Gasteiger partial charge in [-0.1, -0.05) is 97.1 Å². The van der Waals surface area contributed by atoms with Gasteiger partial charge in [0.05, 0.1) is 11.0 Å². The summed E-state index contributed by atoms with van der Waals surface area (Å²) >= 11 is 0. The highest BCUT2D eigenvalue weighted by molar-refractivity contribution is 6.36. The number of hydrogen-bond donors (Lipinski definition) is 0. The van der Waals surface area contributed by atoms with E-state index >= 15 is 0 Å². The molecule has 1 heterocycles. The van der Waals surface area contributed by atoms with Crippen LogP contribution in [0.25, 0.3) is 86.4 Å². The third-order valence-electron chi connectivity index (χ3n) is 8.23. The van der Waals surface area contributed by atoms with Crippen molar-refractivity contribution in [1.29, 1.82) is 0 Å². The number of aromatic nitrogens is 2. The second-order valence-corrected chi connectivity index (χ2v) is 10.3. The van der Waals surface area contributed by atoms with E-state index in [9.17, 15) is 0 Å². The summed E-state index contributed by atoms with van der Waals surface area (Å²) in [5, 5.41) is 26.8. The number of fused-ring (bicyclic) bond motifs is 14. The molecule has 0 N–H and O–H groups in total. The first-order chi connectivity index (χ1) is 18.8. The Morgan fingerprint density at radius 1 is 0.289 bits per heavy atom. The molecule has 0 unspecified atom stereocenters. The molecule has 0 aliphatic rings. The van der Waals surface area contributed by atoms with Crippen molar-refractivity contribution in [3.8, 4) is 0 Å². The van der Waals surface area contributed by atoms with Crippen molar-refractivity contribution in [2.24, 2.45) is 0 Å². The lowest BCUT2D eigenvalue weighted by Gasteiger charge is -2.14. The van der Waals surface area contributed by atoms with Gasteiger partial charge in [0.1, 0.15) is 0 Å². The third-order valence-corrected chi connectivity index (χ3v) is 8.23. The third kappa shape index (κ3) is 2.61. The highest BCUT2D eigenvalue weighted by Gasteiger charge is 2.16. The summed E-state index contributed by atoms with van der Waals surface area (Å²) in [4.78, 5) is 0. The van der Waals surface area contributed by atoms with Crippen LogP contribution < -0.4 is 0 Å². The van der Waals surface area contributed by atoms with Crippen molar-refractivity contribution in [3.63, 3.8) is 0 Å². The molecule has 0 amide bonds. The number of hydrogen-bond acceptors (Lipinski definition) is 2. The Hall–Kier alpha value is -5.08. The fourth-order valence-corrected chi connectivity index (χ4v) is 6.51. The van der Waals surface area contributed by atoms with E-state index in [0.29, 0.717) is 0 Å². The predicted octanol–water partition coefficient (Wildman–Crippen LogP) is 9.70. The maximum atomic E-state index is 4.73. The number of nitrogens with zero attached hydrogens (tertiary/aromatic N) is 2. The van der Waals surface area contributed by atoms with Gasteiger partial charge >= 0.3 is 0 Å². The van der Waals surface area contributed by atoms with Crippen LogP contribution in [0.2, 0.25) is 0 Å². The fraction of sp³-hybridized carbons (Fsp3) is 0. The minimum absolute atomic E-state index is 0.926. The van der Waals surface area contributed by atoms with Crippen LogP contribution in [-0.2, 0) is 0 Å². The van der Waals surface area contributed by atoms with Gasteiger partial charge in [-0.25, -0.2) is 0 Å². The summed E-state index contributed by atoms with van der Waals surface area (Å²) in [5.74, 6) is 0. The van der Waals surface area contributed by atoms with Gasteiger partial charge in [0.25, 0.3) is 0 Å². The first-order valence-electron chi connectivity index (χ1n) is 13.0. The highest BCUT2D eigenvalue weighted by atomic mass is 15.1. The van der Waals surface area contributed by atoms with Gasteiger partial charge in [-0.05, 0) is 83.5 Å². The first kappa shape index (κ1) is 20.0. The zero-order chi connectivity index (χ0) is 24.8. The zero-order valence-corrected chi connectivity index (χ0v) is 20.4. The van der Waals surface area contributed by atoms with Crippen LogP contribution in [0, 0.1) is 0 Å². The monoisotopic (exact) mass is 480 g/mol. The van der Waals surface area contributed by atoms with Crippen LogP contribution in [0.5, 0.6) is 0 Å². The highest BCUT2D eigenvalue weighted by Crippen LogP contribution is 2.42. The lowest BCUT2D eigenvalue weighted by atomic mass is 9.90. The van der Waals surface area contributed by atoms with Crippen molar-refractivity contribution < 1.29 is 0 Å². The molecule has 2 nitrogen and oxygen atoms in total. The molecular weight excluding hydrogens is 460 g/mol. The Morgan fingerprint density at radius 2 is 0.763 bits per heavy atom. The largest absolute Gasteiger partial charge is 0.150 e. The summed E-state index contributed by atoms with van der Waals surface area (Å²) in [5.41, 5.74) is 1.85. The Balaban J connectivity index is 1.63. The Bertz CT molecular complexity index is 2430. The van der Waals surface area contributed by atoms with Crippen molar-refractivity contribution >= 4 is 86.4 Å². The lowest BCUT2D eigenvalue weighted by Crippen LogP contribution is -1.92. The second kappa shape index (κ2) is 7.24. The van der Waals surface area contributed by atoms with Gasteiger partial charge in [0, 0.05) is 16.2 Å². The second-order valence-electron chi connectivity index (χ2n) is 10.3. The van der Waals surface area contributed by atoms with Gasteiger partial charge in [-0.2, -0.15) is 0 Å². The molecule has 0 radical (unpaired) electrons. The molecule has 0 aliphatic heterocycles. The summed E-state index contributed by atoms with van der Waals surface area (Å²) in [6.45, 7) is 0. The smallest absolute Gasteiger partial charge is 0.0943 e. The number of rotatable bonds is 0. The topological polar surface area (TPSA) is 25.8 Å². The molecule has 0 saturated carbocycles. The molecule has 9 aromatic rings. The van der Waals surface area contributed by atoms with E-state index in [1.807, 2.05) is 0 Å². The van der Waals surface area contributed by atoms with Crippen LogP contribution in [0.1, 0.15) is 0 Å². The van der Waals surface area contributed by atoms with Crippen LogP contribution in [0.15, 0.2) is 121 Å². The molecule has 0 atom stereocenters. The fourth-order valence-electron chi connectivity index (χ4n) is 6.51. The van der Waals surface area contributed by atoms with Crippen LogP contribution in [-0.4, -0.2) is 10.2 Å². The van der Waals surface area contributed by atoms with Crippen LogP contribution in [0.3, 0.4) is 0 Å². The molecule has 0 bridgehead atoms. The quantitative estimate of drug-likeness (QED) is 0.159. The van der Waals surface area contributed by atoms with Crippen LogP contribution >= 0.6 is 0 Å². The normalized spacial score (nSPS) is 12.2. The molecule has 0 spiro atoms. The van der Waals surface area contributed by atoms with E-state index < -0.39 is 0 Å². The first-order valence-corrected chi connectivity index (χ1v) is 13.0. The van der Waals surface area contributed by atoms with Gasteiger partial charge in [0.2, 0.25) is 0 Å². The van der Waals surface area contributed by atoms with E-state index in [0.717, 1.165) is 11.0 Å². The SMILES string of the molecule is c1ccc2cc3c(ccc4ccc5nnc6ccc7ccc8ccc9ccccc9c8c7c6c5c43)cc2c1. The molecule has 0 saturated heterocycles. The molecule has 0 aliphatic carbocycles. The minimum atomic E-state index is 0.926. The zero-order valence-electron chi connectivity index (χ0n) is 20.4. The molecule has 38 heavy (non-hydrogen) atoms. The van der Waals surface area contributed by atoms with Crippen LogP contribution in [0.4, 0.5) is 0 Å². The van der Waals surface area contributed by atoms with E-state index in [2.05, 4.69) is 121 Å². The molecule has 2 heteroatoms. The van der Waals surface area contributed by atoms with E-state index in [4.69, 9.17) is 10.2 Å². The standard InChI is InChI=1S/C36H20N2/c1-2-7-26-20-29-27(19-25(26)6-1)14-13-23-15-17-30-35(33(23)29)36-31(38-37-30)18-16-24-12-11-22-10-9-21-5-3-4-8-28(21)32(22)34(24)36/h1-20H. The van der Waals surface area contributed by atoms with Crippen molar-refractivity contribution in [1.82, 2.24) is 10.2 Å². The van der Waals surface area contributed by atoms with E-state index in [1.165, 1.54) is 75.4 Å². The molecule has 8 aromatic carbocycles. The lowest BCUT2D eigenvalue weighted by molar-refractivity contribution is 1.12. The number of benzene rings is 8. The summed E-state index contributed by atoms with van der Waals surface area (Å²) < 4.78 is 0. The van der Waals surface area contributed by atoms with Crippen molar-refractivity contribution in [2.45, 2.75) is 0 Å². The maximum absolute atomic E-state index is 4.73. The van der Waals surface area contributed by atoms with Crippen molar-refractivity contribution in [3.05, 3.63) is 121 Å². The van der Waals surface area contributed by atoms with Gasteiger partial charge < -0.3 is 0 Å². The molecule has 0 fully saturated rings. The van der Waals surface area contributed by atoms with Gasteiger partial charge in [-0.3, -0.25) is 0 Å². The molecular formula is C36H20N2. The Kier molecular flexibility index (Phi) is 3.82. The maximum Gasteiger partial charge on any atom is 0.0943 e. The van der Waals surface area contributed by atoms with Gasteiger partial charge in [0.15, 0.2) is 0 Å². The van der Waals surface area contributed by atoms with Crippen molar-refractivity contribution in [2.75, 3.05) is 0 Å². The molecule has 1 aromatic heterocycles. The molecule has 9 rings (SSSR count). The summed E-state index contributed by atoms with van der Waals surface area (Å²) in [6.07, 6.45) is 0. The molecule has 174 valence electrons. The average molecular weight is 481 g/mol. The predicted molar refractivity (Wildman–Crippen MR) is 162 cm³/mol. The minimum Gasteiger partial charge on any atom is -0.150 e. The summed E-state index contributed by atoms with van der Waals surface area (Å²) in [6, 6.07) is 44.0. The average Bonchev–Trinajstić information content (AvgIpc) is 2.98. The Labute approximate surface area is 217 Å². The van der Waals surface area contributed by atoms with E-state index in [-0.39, 0.29) is 0 Å². The van der Waals surface area contributed by atoms with Gasteiger partial charge in [-0.15, -0.1) is 10.2 Å². The van der Waals surface area contributed by atoms with E-state index in [1.54, 1.807) is 0 Å².